The van der Waals surface area contributed by atoms with Gasteiger partial charge in [0.1, 0.15) is 6.61 Å². The second kappa shape index (κ2) is 13.8. The average molecular weight is 304 g/mol. The van der Waals surface area contributed by atoms with E-state index in [9.17, 15) is 9.59 Å². The van der Waals surface area contributed by atoms with Gasteiger partial charge >= 0.3 is 5.97 Å². The quantitative estimate of drug-likeness (QED) is 0.314. The van der Waals surface area contributed by atoms with Gasteiger partial charge in [-0.2, -0.15) is 0 Å². The minimum Gasteiger partial charge on any atom is -0.462 e. The van der Waals surface area contributed by atoms with E-state index in [0.717, 1.165) is 19.3 Å². The van der Waals surface area contributed by atoms with Crippen molar-refractivity contribution in [2.24, 2.45) is 0 Å². The predicted molar refractivity (Wildman–Crippen MR) is 78.7 cm³/mol. The lowest BCUT2D eigenvalue weighted by Gasteiger charge is -2.20. The summed E-state index contributed by atoms with van der Waals surface area (Å²) in [6, 6.07) is 0. The average Bonchev–Trinajstić information content (AvgIpc) is 2.45. The van der Waals surface area contributed by atoms with E-state index in [1.165, 1.54) is 0 Å². The fourth-order valence-electron chi connectivity index (χ4n) is 1.78. The van der Waals surface area contributed by atoms with Crippen LogP contribution in [0.1, 0.15) is 32.6 Å². The molecular weight excluding hydrogens is 276 g/mol. The number of amides is 1. The van der Waals surface area contributed by atoms with Gasteiger partial charge in [-0.25, -0.2) is 0 Å². The Morgan fingerprint density at radius 3 is 2.52 bits per heavy atom. The van der Waals surface area contributed by atoms with Crippen molar-refractivity contribution in [1.82, 2.24) is 10.2 Å². The maximum absolute atomic E-state index is 11.5. The predicted octanol–water partition coefficient (Wildman–Crippen LogP) is -0.487. The van der Waals surface area contributed by atoms with Crippen molar-refractivity contribution >= 4 is 11.9 Å². The van der Waals surface area contributed by atoms with Gasteiger partial charge in [0.25, 0.3) is 0 Å². The number of aliphatic hydroxyl groups is 2. The van der Waals surface area contributed by atoms with E-state index in [1.807, 2.05) is 0 Å². The Hall–Kier alpha value is -1.18. The van der Waals surface area contributed by atoms with Gasteiger partial charge in [-0.1, -0.05) is 19.8 Å². The summed E-state index contributed by atoms with van der Waals surface area (Å²) in [6.45, 7) is 3.04. The molecule has 0 bridgehead atoms. The number of nitrogens with one attached hydrogen (secondary N) is 1. The first-order valence-corrected chi connectivity index (χ1v) is 7.50. The number of esters is 1. The molecule has 0 aromatic rings. The normalized spacial score (nSPS) is 10.7. The summed E-state index contributed by atoms with van der Waals surface area (Å²) in [7, 11) is 0. The highest BCUT2D eigenvalue weighted by Gasteiger charge is 2.11. The van der Waals surface area contributed by atoms with Gasteiger partial charge in [0.15, 0.2) is 0 Å². The van der Waals surface area contributed by atoms with E-state index in [1.54, 1.807) is 4.90 Å². The number of nitrogens with zero attached hydrogens (tertiary/aromatic N) is 1. The van der Waals surface area contributed by atoms with Gasteiger partial charge in [-0.05, 0) is 6.42 Å². The monoisotopic (exact) mass is 304 g/mol. The van der Waals surface area contributed by atoms with Crippen LogP contribution in [0.3, 0.4) is 0 Å². The van der Waals surface area contributed by atoms with E-state index in [0.29, 0.717) is 26.1 Å². The number of carbonyl (C=O) groups excluding carboxylic acids is 2. The van der Waals surface area contributed by atoms with Gasteiger partial charge in [0, 0.05) is 26.1 Å². The molecule has 0 aromatic heterocycles. The molecule has 0 aliphatic heterocycles. The van der Waals surface area contributed by atoms with Crippen LogP contribution in [0.5, 0.6) is 0 Å². The molecule has 0 spiro atoms. The number of hydrogen-bond acceptors (Lipinski definition) is 6. The molecule has 0 aliphatic rings. The summed E-state index contributed by atoms with van der Waals surface area (Å²) in [5.41, 5.74) is 0. The van der Waals surface area contributed by atoms with E-state index in [2.05, 4.69) is 12.2 Å². The summed E-state index contributed by atoms with van der Waals surface area (Å²) in [6.07, 6.45) is 3.52. The summed E-state index contributed by atoms with van der Waals surface area (Å²) in [5.74, 6) is -0.443. The van der Waals surface area contributed by atoms with E-state index in [-0.39, 0.29) is 32.3 Å². The molecule has 0 fully saturated rings. The Kier molecular flexibility index (Phi) is 13.0. The summed E-state index contributed by atoms with van der Waals surface area (Å²) in [4.78, 5) is 24.6. The zero-order valence-corrected chi connectivity index (χ0v) is 12.8. The molecule has 124 valence electrons. The third-order valence-electron chi connectivity index (χ3n) is 2.88. The number of ether oxygens (including phenoxy) is 1. The van der Waals surface area contributed by atoms with E-state index >= 15 is 0 Å². The smallest absolute Gasteiger partial charge is 0.320 e. The van der Waals surface area contributed by atoms with Gasteiger partial charge in [-0.15, -0.1) is 0 Å². The van der Waals surface area contributed by atoms with Crippen LogP contribution in [0.2, 0.25) is 0 Å². The second-order valence-corrected chi connectivity index (χ2v) is 4.75. The first-order chi connectivity index (χ1) is 10.1. The zero-order chi connectivity index (χ0) is 15.9. The molecular formula is C14H28N2O5. The molecule has 7 heteroatoms. The molecule has 3 N–H and O–H groups in total. The Labute approximate surface area is 126 Å². The third kappa shape index (κ3) is 12.3. The van der Waals surface area contributed by atoms with Crippen molar-refractivity contribution in [3.8, 4) is 0 Å². The van der Waals surface area contributed by atoms with Crippen molar-refractivity contribution in [3.63, 3.8) is 0 Å². The number of aliphatic hydroxyl groups excluding tert-OH is 2. The Bertz CT molecular complexity index is 287. The fourth-order valence-corrected chi connectivity index (χ4v) is 1.78. The van der Waals surface area contributed by atoms with Crippen molar-refractivity contribution < 1.29 is 24.5 Å². The number of hydrogen-bond donors (Lipinski definition) is 3. The molecule has 0 heterocycles. The van der Waals surface area contributed by atoms with Crippen LogP contribution >= 0.6 is 0 Å². The first kappa shape index (κ1) is 19.8. The second-order valence-electron chi connectivity index (χ2n) is 4.75. The maximum Gasteiger partial charge on any atom is 0.320 e. The van der Waals surface area contributed by atoms with Crippen LogP contribution in [0.4, 0.5) is 0 Å². The zero-order valence-electron chi connectivity index (χ0n) is 12.8. The molecule has 0 aliphatic carbocycles. The largest absolute Gasteiger partial charge is 0.462 e. The number of unbranched alkanes of at least 4 members (excludes halogenated alkanes) is 2. The van der Waals surface area contributed by atoms with Crippen molar-refractivity contribution in [3.05, 3.63) is 0 Å². The van der Waals surface area contributed by atoms with Crippen molar-refractivity contribution in [2.45, 2.75) is 32.6 Å². The molecule has 0 saturated heterocycles. The Balaban J connectivity index is 3.87. The van der Waals surface area contributed by atoms with Crippen LogP contribution in [-0.4, -0.2) is 73.0 Å². The van der Waals surface area contributed by atoms with Crippen LogP contribution in [-0.2, 0) is 14.3 Å². The lowest BCUT2D eigenvalue weighted by atomic mass is 10.2. The summed E-state index contributed by atoms with van der Waals surface area (Å²) < 4.78 is 4.76. The maximum atomic E-state index is 11.5. The molecule has 0 radical (unpaired) electrons. The lowest BCUT2D eigenvalue weighted by Crippen LogP contribution is -2.39. The van der Waals surface area contributed by atoms with Crippen LogP contribution in [0.25, 0.3) is 0 Å². The highest BCUT2D eigenvalue weighted by atomic mass is 16.5. The SMILES string of the molecule is CCCCCC(=O)NCCN(CCO)CC(=O)OCCO. The first-order valence-electron chi connectivity index (χ1n) is 7.50. The Morgan fingerprint density at radius 1 is 1.14 bits per heavy atom. The minimum absolute atomic E-state index is 0.00950. The van der Waals surface area contributed by atoms with E-state index < -0.39 is 5.97 Å². The number of rotatable bonds is 13. The van der Waals surface area contributed by atoms with Gasteiger partial charge in [0.2, 0.25) is 5.91 Å². The summed E-state index contributed by atoms with van der Waals surface area (Å²) >= 11 is 0. The van der Waals surface area contributed by atoms with Gasteiger partial charge in [0.05, 0.1) is 19.8 Å². The molecule has 21 heavy (non-hydrogen) atoms. The standard InChI is InChI=1S/C14H28N2O5/c1-2-3-4-5-13(19)15-6-7-16(8-9-17)12-14(20)21-11-10-18/h17-18H,2-12H2,1H3,(H,15,19). The van der Waals surface area contributed by atoms with Crippen LogP contribution in [0.15, 0.2) is 0 Å². The summed E-state index contributed by atoms with van der Waals surface area (Å²) in [5, 5.41) is 20.3. The van der Waals surface area contributed by atoms with E-state index in [4.69, 9.17) is 14.9 Å². The van der Waals surface area contributed by atoms with Crippen LogP contribution in [0, 0.1) is 0 Å². The Morgan fingerprint density at radius 2 is 1.90 bits per heavy atom. The molecule has 0 atom stereocenters. The topological polar surface area (TPSA) is 99.1 Å². The van der Waals surface area contributed by atoms with Gasteiger partial charge < -0.3 is 20.3 Å². The molecule has 0 unspecified atom stereocenters. The van der Waals surface area contributed by atoms with Crippen molar-refractivity contribution in [2.75, 3.05) is 46.0 Å². The highest BCUT2D eigenvalue weighted by Crippen LogP contribution is 1.98. The third-order valence-corrected chi connectivity index (χ3v) is 2.88. The molecule has 0 saturated carbocycles. The van der Waals surface area contributed by atoms with Gasteiger partial charge in [-0.3, -0.25) is 14.5 Å². The highest BCUT2D eigenvalue weighted by molar-refractivity contribution is 5.75. The van der Waals surface area contributed by atoms with Crippen LogP contribution < -0.4 is 5.32 Å². The fraction of sp³-hybridized carbons (Fsp3) is 0.857. The lowest BCUT2D eigenvalue weighted by molar-refractivity contribution is -0.146. The van der Waals surface area contributed by atoms with Crippen molar-refractivity contribution in [1.29, 1.82) is 0 Å². The molecule has 7 nitrogen and oxygen atoms in total. The number of carbonyl (C=O) groups is 2. The molecule has 1 amide bonds. The molecule has 0 aromatic carbocycles. The minimum atomic E-state index is -0.452. The molecule has 0 rings (SSSR count).